The van der Waals surface area contributed by atoms with Gasteiger partial charge in [-0.25, -0.2) is 4.98 Å². The van der Waals surface area contributed by atoms with Crippen molar-refractivity contribution in [3.05, 3.63) is 71.3 Å². The van der Waals surface area contributed by atoms with Crippen LogP contribution in [0.4, 0.5) is 0 Å². The summed E-state index contributed by atoms with van der Waals surface area (Å²) in [6, 6.07) is 13.4. The molecule has 4 aromatic rings. The van der Waals surface area contributed by atoms with Gasteiger partial charge in [0.05, 0.1) is 23.6 Å². The number of benzene rings is 2. The number of carbonyl (C=O) groups excluding carboxylic acids is 1. The fourth-order valence-corrected chi connectivity index (χ4v) is 5.38. The average Bonchev–Trinajstić information content (AvgIpc) is 3.56. The Kier molecular flexibility index (Phi) is 4.31. The molecule has 1 amide bonds. The molecule has 0 saturated carbocycles. The highest BCUT2D eigenvalue weighted by Gasteiger charge is 2.49. The first-order valence-electron chi connectivity index (χ1n) is 10.5. The van der Waals surface area contributed by atoms with Crippen molar-refractivity contribution in [1.29, 1.82) is 0 Å². The van der Waals surface area contributed by atoms with E-state index in [1.54, 1.807) is 12.4 Å². The average molecular weight is 434 g/mol. The van der Waals surface area contributed by atoms with Gasteiger partial charge in [-0.3, -0.25) is 4.79 Å². The van der Waals surface area contributed by atoms with E-state index in [1.807, 2.05) is 42.5 Å². The van der Waals surface area contributed by atoms with Crippen molar-refractivity contribution in [2.24, 2.45) is 5.92 Å². The molecule has 0 radical (unpaired) electrons. The number of para-hydroxylation sites is 1. The number of hydrogen-bond donors (Lipinski definition) is 0. The van der Waals surface area contributed by atoms with E-state index >= 15 is 0 Å². The van der Waals surface area contributed by atoms with Crippen molar-refractivity contribution < 1.29 is 9.21 Å². The minimum atomic E-state index is 0.0484. The Morgan fingerprint density at radius 3 is 2.84 bits per heavy atom. The zero-order valence-electron chi connectivity index (χ0n) is 16.7. The summed E-state index contributed by atoms with van der Waals surface area (Å²) in [7, 11) is 0. The van der Waals surface area contributed by atoms with Crippen molar-refractivity contribution in [3.8, 4) is 5.69 Å². The highest BCUT2D eigenvalue weighted by molar-refractivity contribution is 6.31. The van der Waals surface area contributed by atoms with Gasteiger partial charge >= 0.3 is 0 Å². The summed E-state index contributed by atoms with van der Waals surface area (Å²) in [4.78, 5) is 21.8. The third kappa shape index (κ3) is 3.11. The maximum Gasteiger partial charge on any atom is 0.256 e. The van der Waals surface area contributed by atoms with Crippen LogP contribution in [0.25, 0.3) is 16.8 Å². The fraction of sp³-hybridized carbons (Fsp3) is 0.304. The minimum absolute atomic E-state index is 0.0484. The zero-order chi connectivity index (χ0) is 20.9. The number of hydrogen-bond acceptors (Lipinski definition) is 5. The van der Waals surface area contributed by atoms with Crippen LogP contribution >= 0.6 is 11.6 Å². The molecular weight excluding hydrogens is 414 g/mol. The molecule has 0 N–H and O–H groups in total. The number of fused-ring (bicyclic) bond motifs is 3. The van der Waals surface area contributed by atoms with Crippen LogP contribution < -0.4 is 0 Å². The van der Waals surface area contributed by atoms with E-state index in [4.69, 9.17) is 16.0 Å². The maximum absolute atomic E-state index is 13.6. The van der Waals surface area contributed by atoms with Crippen molar-refractivity contribution in [2.75, 3.05) is 0 Å². The molecule has 156 valence electrons. The summed E-state index contributed by atoms with van der Waals surface area (Å²) < 4.78 is 5.95. The number of halogens is 1. The van der Waals surface area contributed by atoms with Crippen molar-refractivity contribution >= 4 is 28.6 Å². The van der Waals surface area contributed by atoms with Gasteiger partial charge in [0.2, 0.25) is 0 Å². The van der Waals surface area contributed by atoms with Crippen LogP contribution in [0, 0.1) is 5.92 Å². The van der Waals surface area contributed by atoms with Gasteiger partial charge in [-0.05, 0) is 55.5 Å². The highest BCUT2D eigenvalue weighted by atomic mass is 35.5. The summed E-state index contributed by atoms with van der Waals surface area (Å²) in [5.74, 6) is 1.09. The van der Waals surface area contributed by atoms with Gasteiger partial charge in [-0.1, -0.05) is 23.7 Å². The van der Waals surface area contributed by atoms with Crippen molar-refractivity contribution in [1.82, 2.24) is 24.9 Å². The van der Waals surface area contributed by atoms with Crippen molar-refractivity contribution in [2.45, 2.75) is 37.8 Å². The lowest BCUT2D eigenvalue weighted by molar-refractivity contribution is 0.0717. The molecule has 3 unspecified atom stereocenters. The SMILES string of the molecule is O=C(c1ccccc1-n1nccn1)N1C2CCC1C(Cc1nc3cc(Cl)ccc3o1)C2. The molecule has 2 aromatic carbocycles. The van der Waals surface area contributed by atoms with Gasteiger partial charge in [0.25, 0.3) is 5.91 Å². The molecule has 0 spiro atoms. The van der Waals surface area contributed by atoms with Gasteiger partial charge in [0.1, 0.15) is 5.52 Å². The number of aromatic nitrogens is 4. The molecule has 2 aromatic heterocycles. The lowest BCUT2D eigenvalue weighted by Gasteiger charge is -2.25. The molecule has 2 aliphatic rings. The summed E-state index contributed by atoms with van der Waals surface area (Å²) in [5, 5.41) is 9.07. The molecular formula is C23H20ClN5O2. The first-order chi connectivity index (χ1) is 15.2. The molecule has 31 heavy (non-hydrogen) atoms. The molecule has 2 aliphatic heterocycles. The first-order valence-corrected chi connectivity index (χ1v) is 10.9. The van der Waals surface area contributed by atoms with Gasteiger partial charge in [0.15, 0.2) is 11.5 Å². The molecule has 6 rings (SSSR count). The monoisotopic (exact) mass is 433 g/mol. The molecule has 3 atom stereocenters. The predicted molar refractivity (Wildman–Crippen MR) is 115 cm³/mol. The molecule has 4 heterocycles. The van der Waals surface area contributed by atoms with Crippen LogP contribution in [0.2, 0.25) is 5.02 Å². The quantitative estimate of drug-likeness (QED) is 0.479. The van der Waals surface area contributed by atoms with E-state index < -0.39 is 0 Å². The van der Waals surface area contributed by atoms with E-state index in [0.29, 0.717) is 28.1 Å². The lowest BCUT2D eigenvalue weighted by atomic mass is 9.87. The molecule has 2 bridgehead atoms. The second-order valence-electron chi connectivity index (χ2n) is 8.27. The Bertz CT molecular complexity index is 1270. The van der Waals surface area contributed by atoms with Crippen LogP contribution in [-0.4, -0.2) is 42.9 Å². The van der Waals surface area contributed by atoms with Gasteiger partial charge < -0.3 is 9.32 Å². The lowest BCUT2D eigenvalue weighted by Crippen LogP contribution is -2.37. The van der Waals surface area contributed by atoms with E-state index in [-0.39, 0.29) is 18.0 Å². The van der Waals surface area contributed by atoms with Crippen molar-refractivity contribution in [3.63, 3.8) is 0 Å². The second-order valence-corrected chi connectivity index (χ2v) is 8.70. The van der Waals surface area contributed by atoms with E-state index in [2.05, 4.69) is 20.1 Å². The number of amides is 1. The third-order valence-electron chi connectivity index (χ3n) is 6.50. The molecule has 0 aliphatic carbocycles. The standard InChI is InChI=1S/C23H20ClN5O2/c24-15-5-8-21-18(13-15)27-22(31-21)12-14-11-16-6-7-19(14)28(16)23(30)17-3-1-2-4-20(17)29-25-9-10-26-29/h1-5,8-10,13-14,16,19H,6-7,11-12H2. The second kappa shape index (κ2) is 7.20. The van der Waals surface area contributed by atoms with E-state index in [0.717, 1.165) is 36.8 Å². The predicted octanol–water partition coefficient (Wildman–Crippen LogP) is 4.30. The fourth-order valence-electron chi connectivity index (χ4n) is 5.22. The number of carbonyl (C=O) groups is 1. The molecule has 2 saturated heterocycles. The highest BCUT2D eigenvalue weighted by Crippen LogP contribution is 2.44. The Labute approximate surface area is 183 Å². The maximum atomic E-state index is 13.6. The minimum Gasteiger partial charge on any atom is -0.441 e. The molecule has 2 fully saturated rings. The summed E-state index contributed by atoms with van der Waals surface area (Å²) in [6.45, 7) is 0. The Morgan fingerprint density at radius 1 is 1.13 bits per heavy atom. The van der Waals surface area contributed by atoms with Crippen LogP contribution in [0.3, 0.4) is 0 Å². The van der Waals surface area contributed by atoms with Gasteiger partial charge in [-0.2, -0.15) is 15.0 Å². The summed E-state index contributed by atoms with van der Waals surface area (Å²) in [5.41, 5.74) is 2.86. The van der Waals surface area contributed by atoms with Gasteiger partial charge in [-0.15, -0.1) is 0 Å². The number of oxazole rings is 1. The Hall–Kier alpha value is -3.19. The largest absolute Gasteiger partial charge is 0.441 e. The van der Waals surface area contributed by atoms with Crippen LogP contribution in [0.15, 0.2) is 59.3 Å². The summed E-state index contributed by atoms with van der Waals surface area (Å²) in [6.07, 6.45) is 6.97. The van der Waals surface area contributed by atoms with E-state index in [1.165, 1.54) is 4.80 Å². The topological polar surface area (TPSA) is 77.1 Å². The summed E-state index contributed by atoms with van der Waals surface area (Å²) >= 11 is 6.08. The number of nitrogens with zero attached hydrogens (tertiary/aromatic N) is 5. The van der Waals surface area contributed by atoms with Crippen LogP contribution in [0.5, 0.6) is 0 Å². The Balaban J connectivity index is 1.27. The first kappa shape index (κ1) is 18.6. The zero-order valence-corrected chi connectivity index (χ0v) is 17.4. The van der Waals surface area contributed by atoms with Crippen LogP contribution in [-0.2, 0) is 6.42 Å². The molecule has 8 heteroatoms. The smallest absolute Gasteiger partial charge is 0.256 e. The van der Waals surface area contributed by atoms with Crippen LogP contribution in [0.1, 0.15) is 35.5 Å². The van der Waals surface area contributed by atoms with Gasteiger partial charge in [0, 0.05) is 23.5 Å². The third-order valence-corrected chi connectivity index (χ3v) is 6.73. The van der Waals surface area contributed by atoms with E-state index in [9.17, 15) is 4.79 Å². The Morgan fingerprint density at radius 2 is 1.97 bits per heavy atom. The number of rotatable bonds is 4. The molecule has 7 nitrogen and oxygen atoms in total. The normalized spacial score (nSPS) is 22.5.